The molecule has 1 unspecified atom stereocenters. The highest BCUT2D eigenvalue weighted by atomic mass is 35.5. The molecule has 146 valence electrons. The van der Waals surface area contributed by atoms with Crippen LogP contribution >= 0.6 is 22.9 Å². The van der Waals surface area contributed by atoms with Crippen LogP contribution in [0.15, 0.2) is 59.6 Å². The molecule has 0 radical (unpaired) electrons. The molecule has 4 rings (SSSR count). The van der Waals surface area contributed by atoms with Crippen LogP contribution < -0.4 is 4.90 Å². The number of Topliss-reactive ketones (excluding diaryl/α,β-unsaturated/α-hetero) is 1. The lowest BCUT2D eigenvalue weighted by Crippen LogP contribution is -2.29. The van der Waals surface area contributed by atoms with Gasteiger partial charge in [0.05, 0.1) is 11.6 Å². The van der Waals surface area contributed by atoms with Gasteiger partial charge in [-0.25, -0.2) is 4.98 Å². The number of hydrogen-bond acceptors (Lipinski definition) is 5. The van der Waals surface area contributed by atoms with Gasteiger partial charge in [0.15, 0.2) is 5.13 Å². The molecule has 1 fully saturated rings. The molecule has 3 aromatic rings. The third kappa shape index (κ3) is 3.34. The number of benzene rings is 2. The van der Waals surface area contributed by atoms with Crippen LogP contribution in [-0.2, 0) is 9.59 Å². The Kier molecular flexibility index (Phi) is 4.98. The molecule has 0 aliphatic carbocycles. The van der Waals surface area contributed by atoms with E-state index >= 15 is 0 Å². The molecule has 1 aromatic heterocycles. The fraction of sp³-hybridized carbons (Fsp3) is 0.136. The number of ketones is 1. The van der Waals surface area contributed by atoms with Crippen molar-refractivity contribution in [2.24, 2.45) is 0 Å². The molecule has 0 bridgehead atoms. The maximum atomic E-state index is 13.0. The lowest BCUT2D eigenvalue weighted by atomic mass is 9.93. The highest BCUT2D eigenvalue weighted by molar-refractivity contribution is 7.14. The molecule has 0 saturated carbocycles. The van der Waals surface area contributed by atoms with Gasteiger partial charge in [0.2, 0.25) is 0 Å². The minimum Gasteiger partial charge on any atom is -0.507 e. The Labute approximate surface area is 176 Å². The predicted octanol–water partition coefficient (Wildman–Crippen LogP) is 5.04. The second kappa shape index (κ2) is 7.46. The van der Waals surface area contributed by atoms with Crippen LogP contribution in [0, 0.1) is 13.8 Å². The monoisotopic (exact) mass is 424 g/mol. The van der Waals surface area contributed by atoms with E-state index in [0.717, 1.165) is 11.1 Å². The van der Waals surface area contributed by atoms with Crippen LogP contribution in [-0.4, -0.2) is 21.8 Å². The first kappa shape index (κ1) is 19.4. The van der Waals surface area contributed by atoms with E-state index in [0.29, 0.717) is 21.3 Å². The third-order valence-electron chi connectivity index (χ3n) is 4.90. The molecule has 7 heteroatoms. The second-order valence-electron chi connectivity index (χ2n) is 6.85. The number of aromatic nitrogens is 1. The lowest BCUT2D eigenvalue weighted by Gasteiger charge is -2.23. The van der Waals surface area contributed by atoms with Crippen molar-refractivity contribution < 1.29 is 14.7 Å². The summed E-state index contributed by atoms with van der Waals surface area (Å²) in [6.45, 7) is 3.75. The van der Waals surface area contributed by atoms with Crippen molar-refractivity contribution in [2.75, 3.05) is 4.90 Å². The first-order valence-electron chi connectivity index (χ1n) is 8.92. The van der Waals surface area contributed by atoms with Gasteiger partial charge in [-0.1, -0.05) is 41.4 Å². The summed E-state index contributed by atoms with van der Waals surface area (Å²) in [7, 11) is 0. The number of nitrogens with zero attached hydrogens (tertiary/aromatic N) is 2. The van der Waals surface area contributed by atoms with E-state index in [9.17, 15) is 14.7 Å². The van der Waals surface area contributed by atoms with Crippen molar-refractivity contribution in [3.63, 3.8) is 0 Å². The van der Waals surface area contributed by atoms with Crippen LogP contribution in [0.1, 0.15) is 28.3 Å². The van der Waals surface area contributed by atoms with Crippen LogP contribution in [0.3, 0.4) is 0 Å². The molecule has 1 N–H and O–H groups in total. The fourth-order valence-electron chi connectivity index (χ4n) is 3.46. The van der Waals surface area contributed by atoms with E-state index < -0.39 is 17.7 Å². The Bertz CT molecular complexity index is 1140. The molecular weight excluding hydrogens is 408 g/mol. The number of halogens is 1. The first-order valence-corrected chi connectivity index (χ1v) is 10.2. The number of hydrogen-bond donors (Lipinski definition) is 1. The number of aryl methyl sites for hydroxylation is 2. The van der Waals surface area contributed by atoms with Crippen LogP contribution in [0.25, 0.3) is 5.76 Å². The summed E-state index contributed by atoms with van der Waals surface area (Å²) >= 11 is 7.28. The summed E-state index contributed by atoms with van der Waals surface area (Å²) < 4.78 is 0. The molecule has 1 aliphatic rings. The average Bonchev–Trinajstić information content (AvgIpc) is 3.31. The summed E-state index contributed by atoms with van der Waals surface area (Å²) in [5.74, 6) is -1.64. The number of carbonyl (C=O) groups excluding carboxylic acids is 2. The van der Waals surface area contributed by atoms with Gasteiger partial charge in [0.1, 0.15) is 5.76 Å². The van der Waals surface area contributed by atoms with Gasteiger partial charge in [0, 0.05) is 22.2 Å². The number of anilines is 1. The zero-order valence-corrected chi connectivity index (χ0v) is 17.3. The highest BCUT2D eigenvalue weighted by Crippen LogP contribution is 2.43. The largest absolute Gasteiger partial charge is 0.507 e. The SMILES string of the molecule is Cc1ccc(C)c(/C(O)=C2\C(=O)C(=O)N(c3nccs3)C2c2ccc(Cl)cc2)c1. The summed E-state index contributed by atoms with van der Waals surface area (Å²) in [5, 5.41) is 13.8. The van der Waals surface area contributed by atoms with E-state index in [1.54, 1.807) is 41.9 Å². The minimum absolute atomic E-state index is 0.0428. The quantitative estimate of drug-likeness (QED) is 0.363. The molecule has 2 heterocycles. The van der Waals surface area contributed by atoms with E-state index in [1.165, 1.54) is 16.2 Å². The Balaban J connectivity index is 1.97. The van der Waals surface area contributed by atoms with Crippen molar-refractivity contribution in [1.29, 1.82) is 0 Å². The maximum Gasteiger partial charge on any atom is 0.301 e. The van der Waals surface area contributed by atoms with Gasteiger partial charge in [-0.05, 0) is 43.2 Å². The van der Waals surface area contributed by atoms with E-state index in [-0.39, 0.29) is 11.3 Å². The molecule has 1 saturated heterocycles. The standard InChI is InChI=1S/C22H17ClN2O3S/c1-12-3-4-13(2)16(11-12)19(26)17-18(14-5-7-15(23)8-6-14)25(21(28)20(17)27)22-24-9-10-29-22/h3-11,18,26H,1-2H3/b19-17+. The summed E-state index contributed by atoms with van der Waals surface area (Å²) in [5.41, 5.74) is 2.98. The van der Waals surface area contributed by atoms with Gasteiger partial charge in [0.25, 0.3) is 5.78 Å². The van der Waals surface area contributed by atoms with Gasteiger partial charge in [-0.15, -0.1) is 11.3 Å². The normalized spacial score (nSPS) is 18.4. The van der Waals surface area contributed by atoms with Crippen molar-refractivity contribution in [2.45, 2.75) is 19.9 Å². The molecular formula is C22H17ClN2O3S. The highest BCUT2D eigenvalue weighted by Gasteiger charge is 2.48. The molecule has 1 aliphatic heterocycles. The van der Waals surface area contributed by atoms with Crippen molar-refractivity contribution in [3.8, 4) is 0 Å². The maximum absolute atomic E-state index is 13.0. The fourth-order valence-corrected chi connectivity index (χ4v) is 4.25. The molecule has 1 amide bonds. The predicted molar refractivity (Wildman–Crippen MR) is 114 cm³/mol. The minimum atomic E-state index is -0.793. The van der Waals surface area contributed by atoms with Gasteiger partial charge in [-0.2, -0.15) is 0 Å². The van der Waals surface area contributed by atoms with E-state index in [1.807, 2.05) is 26.0 Å². The summed E-state index contributed by atoms with van der Waals surface area (Å²) in [4.78, 5) is 31.5. The first-order chi connectivity index (χ1) is 13.9. The smallest absolute Gasteiger partial charge is 0.301 e. The Morgan fingerprint density at radius 3 is 2.52 bits per heavy atom. The average molecular weight is 425 g/mol. The van der Waals surface area contributed by atoms with Crippen molar-refractivity contribution >= 4 is 45.5 Å². The molecule has 1 atom stereocenters. The zero-order chi connectivity index (χ0) is 20.7. The molecule has 29 heavy (non-hydrogen) atoms. The van der Waals surface area contributed by atoms with Gasteiger partial charge in [-0.3, -0.25) is 14.5 Å². The Morgan fingerprint density at radius 1 is 1.14 bits per heavy atom. The van der Waals surface area contributed by atoms with E-state index in [4.69, 9.17) is 11.6 Å². The van der Waals surface area contributed by atoms with Gasteiger partial charge >= 0.3 is 5.91 Å². The van der Waals surface area contributed by atoms with E-state index in [2.05, 4.69) is 4.98 Å². The van der Waals surface area contributed by atoms with Crippen LogP contribution in [0.4, 0.5) is 5.13 Å². The Morgan fingerprint density at radius 2 is 1.86 bits per heavy atom. The number of aliphatic hydroxyl groups excluding tert-OH is 1. The van der Waals surface area contributed by atoms with Crippen molar-refractivity contribution in [3.05, 3.63) is 86.9 Å². The number of rotatable bonds is 3. The second-order valence-corrected chi connectivity index (χ2v) is 8.16. The molecule has 2 aromatic carbocycles. The molecule has 0 spiro atoms. The van der Waals surface area contributed by atoms with Crippen LogP contribution in [0.5, 0.6) is 0 Å². The third-order valence-corrected chi connectivity index (χ3v) is 5.93. The lowest BCUT2D eigenvalue weighted by molar-refractivity contribution is -0.132. The summed E-state index contributed by atoms with van der Waals surface area (Å²) in [6, 6.07) is 11.7. The van der Waals surface area contributed by atoms with Gasteiger partial charge < -0.3 is 5.11 Å². The Hall–Kier alpha value is -2.96. The topological polar surface area (TPSA) is 70.5 Å². The number of amides is 1. The number of aliphatic hydroxyl groups is 1. The molecule has 5 nitrogen and oxygen atoms in total. The number of thiazole rings is 1. The summed E-state index contributed by atoms with van der Waals surface area (Å²) in [6.07, 6.45) is 1.57. The zero-order valence-electron chi connectivity index (χ0n) is 15.7. The number of carbonyl (C=O) groups is 2. The van der Waals surface area contributed by atoms with Crippen molar-refractivity contribution in [1.82, 2.24) is 4.98 Å². The van der Waals surface area contributed by atoms with Crippen LogP contribution in [0.2, 0.25) is 5.02 Å².